The lowest BCUT2D eigenvalue weighted by atomic mass is 9.76. The molecule has 1 aromatic rings. The van der Waals surface area contributed by atoms with E-state index in [1.165, 1.54) is 6.20 Å². The molecule has 1 amide bonds. The number of hydrogen-bond donors (Lipinski definition) is 2. The van der Waals surface area contributed by atoms with Crippen LogP contribution >= 0.6 is 15.9 Å². The van der Waals surface area contributed by atoms with Crippen molar-refractivity contribution >= 4 is 27.8 Å². The molecular formula is C14H17BrN2O3. The van der Waals surface area contributed by atoms with E-state index in [9.17, 15) is 14.7 Å². The van der Waals surface area contributed by atoms with Crippen LogP contribution in [0.5, 0.6) is 0 Å². The summed E-state index contributed by atoms with van der Waals surface area (Å²) in [4.78, 5) is 27.8. The summed E-state index contributed by atoms with van der Waals surface area (Å²) in [5.41, 5.74) is -0.934. The van der Waals surface area contributed by atoms with Crippen LogP contribution < -0.4 is 5.32 Å². The Morgan fingerprint density at radius 3 is 2.80 bits per heavy atom. The van der Waals surface area contributed by atoms with E-state index >= 15 is 0 Å². The molecule has 1 aliphatic carbocycles. The molecule has 0 saturated heterocycles. The zero-order chi connectivity index (χ0) is 14.8. The molecule has 1 aromatic heterocycles. The van der Waals surface area contributed by atoms with Gasteiger partial charge in [-0.15, -0.1) is 0 Å². The van der Waals surface area contributed by atoms with Gasteiger partial charge >= 0.3 is 5.97 Å². The number of carboxylic acids is 1. The van der Waals surface area contributed by atoms with Crippen LogP contribution in [0.2, 0.25) is 0 Å². The highest BCUT2D eigenvalue weighted by atomic mass is 79.9. The molecule has 2 rings (SSSR count). The van der Waals surface area contributed by atoms with Crippen molar-refractivity contribution in [2.24, 2.45) is 5.92 Å². The molecule has 0 aromatic carbocycles. The van der Waals surface area contributed by atoms with Gasteiger partial charge in [0.1, 0.15) is 11.2 Å². The van der Waals surface area contributed by atoms with E-state index in [1.54, 1.807) is 12.1 Å². The highest BCUT2D eigenvalue weighted by Crippen LogP contribution is 2.32. The minimum Gasteiger partial charge on any atom is -0.480 e. The Kier molecular flexibility index (Phi) is 4.42. The number of carbonyl (C=O) groups is 2. The minimum atomic E-state index is -1.16. The third-order valence-corrected chi connectivity index (χ3v) is 4.19. The second-order valence-corrected chi connectivity index (χ2v) is 6.32. The number of rotatable bonds is 3. The van der Waals surface area contributed by atoms with Crippen LogP contribution in [0.1, 0.15) is 43.1 Å². The van der Waals surface area contributed by atoms with E-state index in [1.807, 2.05) is 6.92 Å². The summed E-state index contributed by atoms with van der Waals surface area (Å²) in [5, 5.41) is 12.2. The summed E-state index contributed by atoms with van der Waals surface area (Å²) in [6, 6.07) is 3.28. The normalized spacial score (nSPS) is 26.0. The van der Waals surface area contributed by atoms with Crippen molar-refractivity contribution in [1.29, 1.82) is 0 Å². The van der Waals surface area contributed by atoms with Gasteiger partial charge < -0.3 is 10.4 Å². The van der Waals surface area contributed by atoms with Crippen LogP contribution in [0.15, 0.2) is 22.8 Å². The topological polar surface area (TPSA) is 79.3 Å². The number of nitrogens with zero attached hydrogens (tertiary/aromatic N) is 1. The van der Waals surface area contributed by atoms with Gasteiger partial charge in [0, 0.05) is 10.7 Å². The zero-order valence-electron chi connectivity index (χ0n) is 11.2. The van der Waals surface area contributed by atoms with Crippen molar-refractivity contribution in [2.75, 3.05) is 0 Å². The maximum atomic E-state index is 12.2. The Bertz CT molecular complexity index is 518. The average molecular weight is 341 g/mol. The largest absolute Gasteiger partial charge is 0.480 e. The van der Waals surface area contributed by atoms with Gasteiger partial charge in [-0.05, 0) is 46.8 Å². The van der Waals surface area contributed by atoms with Gasteiger partial charge in [0.25, 0.3) is 5.91 Å². The van der Waals surface area contributed by atoms with Crippen LogP contribution in [0, 0.1) is 5.92 Å². The molecule has 0 aliphatic heterocycles. The average Bonchev–Trinajstić information content (AvgIpc) is 2.39. The van der Waals surface area contributed by atoms with Crippen molar-refractivity contribution in [3.8, 4) is 0 Å². The van der Waals surface area contributed by atoms with E-state index in [4.69, 9.17) is 0 Å². The summed E-state index contributed by atoms with van der Waals surface area (Å²) >= 11 is 3.25. The van der Waals surface area contributed by atoms with Gasteiger partial charge in [0.15, 0.2) is 0 Å². The molecule has 0 bridgehead atoms. The lowest BCUT2D eigenvalue weighted by Crippen LogP contribution is -2.56. The monoisotopic (exact) mass is 340 g/mol. The molecule has 108 valence electrons. The number of halogens is 1. The van der Waals surface area contributed by atoms with Crippen molar-refractivity contribution in [3.63, 3.8) is 0 Å². The SMILES string of the molecule is CC1CCCC(NC(=O)c2ccc(Br)cn2)(C(=O)O)C1. The third-order valence-electron chi connectivity index (χ3n) is 3.72. The molecule has 0 radical (unpaired) electrons. The summed E-state index contributed by atoms with van der Waals surface area (Å²) in [6.07, 6.45) is 4.26. The number of aromatic nitrogens is 1. The predicted molar refractivity (Wildman–Crippen MR) is 77.4 cm³/mol. The van der Waals surface area contributed by atoms with Crippen molar-refractivity contribution in [2.45, 2.75) is 38.1 Å². The minimum absolute atomic E-state index is 0.229. The highest BCUT2D eigenvalue weighted by molar-refractivity contribution is 9.10. The van der Waals surface area contributed by atoms with Gasteiger partial charge in [-0.1, -0.05) is 19.8 Å². The molecule has 1 saturated carbocycles. The van der Waals surface area contributed by atoms with Gasteiger partial charge in [0.2, 0.25) is 0 Å². The van der Waals surface area contributed by atoms with Gasteiger partial charge in [0.05, 0.1) is 0 Å². The van der Waals surface area contributed by atoms with Crippen LogP contribution in [0.3, 0.4) is 0 Å². The number of hydrogen-bond acceptors (Lipinski definition) is 3. The number of pyridine rings is 1. The second kappa shape index (κ2) is 5.91. The fourth-order valence-corrected chi connectivity index (χ4v) is 2.94. The van der Waals surface area contributed by atoms with Crippen LogP contribution in [-0.2, 0) is 4.79 Å². The first-order chi connectivity index (χ1) is 9.43. The zero-order valence-corrected chi connectivity index (χ0v) is 12.8. The number of nitrogens with one attached hydrogen (secondary N) is 1. The molecule has 0 spiro atoms. The van der Waals surface area contributed by atoms with Gasteiger partial charge in [-0.2, -0.15) is 0 Å². The van der Waals surface area contributed by atoms with E-state index in [0.29, 0.717) is 12.8 Å². The standard InChI is InChI=1S/C14H17BrN2O3/c1-9-3-2-6-14(7-9,13(19)20)17-12(18)11-5-4-10(15)8-16-11/h4-5,8-9H,2-3,6-7H2,1H3,(H,17,18)(H,19,20). The molecule has 2 N–H and O–H groups in total. The fraction of sp³-hybridized carbons (Fsp3) is 0.500. The molecular weight excluding hydrogens is 324 g/mol. The van der Waals surface area contributed by atoms with Crippen molar-refractivity contribution < 1.29 is 14.7 Å². The van der Waals surface area contributed by atoms with E-state index < -0.39 is 17.4 Å². The Morgan fingerprint density at radius 1 is 1.50 bits per heavy atom. The first-order valence-corrected chi connectivity index (χ1v) is 7.40. The maximum absolute atomic E-state index is 12.2. The number of carbonyl (C=O) groups excluding carboxylic acids is 1. The molecule has 1 aliphatic rings. The molecule has 1 heterocycles. The quantitative estimate of drug-likeness (QED) is 0.886. The van der Waals surface area contributed by atoms with E-state index in [-0.39, 0.29) is 11.6 Å². The van der Waals surface area contributed by atoms with Crippen LogP contribution in [-0.4, -0.2) is 27.5 Å². The van der Waals surface area contributed by atoms with E-state index in [0.717, 1.165) is 17.3 Å². The fourth-order valence-electron chi connectivity index (χ4n) is 2.70. The first kappa shape index (κ1) is 15.0. The highest BCUT2D eigenvalue weighted by Gasteiger charge is 2.43. The molecule has 5 nitrogen and oxygen atoms in total. The molecule has 20 heavy (non-hydrogen) atoms. The molecule has 2 atom stereocenters. The van der Waals surface area contributed by atoms with Crippen LogP contribution in [0.25, 0.3) is 0 Å². The number of amides is 1. The van der Waals surface area contributed by atoms with Crippen LogP contribution in [0.4, 0.5) is 0 Å². The number of aliphatic carboxylic acids is 1. The molecule has 2 unspecified atom stereocenters. The van der Waals surface area contributed by atoms with Crippen molar-refractivity contribution in [1.82, 2.24) is 10.3 Å². The third kappa shape index (κ3) is 3.17. The Morgan fingerprint density at radius 2 is 2.25 bits per heavy atom. The predicted octanol–water partition coefficient (Wildman–Crippen LogP) is 2.61. The molecule has 6 heteroatoms. The van der Waals surface area contributed by atoms with Gasteiger partial charge in [-0.25, -0.2) is 9.78 Å². The summed E-state index contributed by atoms with van der Waals surface area (Å²) in [7, 11) is 0. The van der Waals surface area contributed by atoms with E-state index in [2.05, 4.69) is 26.2 Å². The van der Waals surface area contributed by atoms with Gasteiger partial charge in [-0.3, -0.25) is 4.79 Å². The second-order valence-electron chi connectivity index (χ2n) is 5.40. The lowest BCUT2D eigenvalue weighted by Gasteiger charge is -2.36. The summed E-state index contributed by atoms with van der Waals surface area (Å²) in [5.74, 6) is -1.11. The smallest absolute Gasteiger partial charge is 0.329 e. The summed E-state index contributed by atoms with van der Waals surface area (Å²) in [6.45, 7) is 2.01. The van der Waals surface area contributed by atoms with Crippen molar-refractivity contribution in [3.05, 3.63) is 28.5 Å². The Balaban J connectivity index is 2.18. The lowest BCUT2D eigenvalue weighted by molar-refractivity contribution is -0.146. The Labute approximate surface area is 125 Å². The molecule has 1 fully saturated rings. The first-order valence-electron chi connectivity index (χ1n) is 6.60. The maximum Gasteiger partial charge on any atom is 0.329 e. The number of carboxylic acid groups (broad SMARTS) is 1. The summed E-state index contributed by atoms with van der Waals surface area (Å²) < 4.78 is 0.772. The Hall–Kier alpha value is -1.43.